The van der Waals surface area contributed by atoms with Gasteiger partial charge in [0.2, 0.25) is 0 Å². The van der Waals surface area contributed by atoms with Crippen LogP contribution in [0.1, 0.15) is 37.1 Å². The lowest BCUT2D eigenvalue weighted by atomic mass is 10.0. The van der Waals surface area contributed by atoms with Crippen LogP contribution in [0.25, 0.3) is 0 Å². The van der Waals surface area contributed by atoms with Gasteiger partial charge in [0, 0.05) is 18.2 Å². The van der Waals surface area contributed by atoms with Crippen molar-refractivity contribution in [2.75, 3.05) is 7.11 Å². The summed E-state index contributed by atoms with van der Waals surface area (Å²) in [6.45, 7) is 4.05. The lowest BCUT2D eigenvalue weighted by Crippen LogP contribution is -2.22. The molecule has 112 valence electrons. The van der Waals surface area contributed by atoms with E-state index in [1.807, 2.05) is 31.2 Å². The van der Waals surface area contributed by atoms with E-state index in [4.69, 9.17) is 4.74 Å². The number of benzene rings is 2. The molecule has 0 spiro atoms. The summed E-state index contributed by atoms with van der Waals surface area (Å²) in [6.07, 6.45) is 0. The molecule has 4 nitrogen and oxygen atoms in total. The Hall–Kier alpha value is -2.20. The number of hydrogen-bond donors (Lipinski definition) is 3. The predicted molar refractivity (Wildman–Crippen MR) is 82.7 cm³/mol. The molecule has 2 aromatic rings. The highest BCUT2D eigenvalue weighted by Gasteiger charge is 2.13. The summed E-state index contributed by atoms with van der Waals surface area (Å²) in [4.78, 5) is 0. The third-order valence-corrected chi connectivity index (χ3v) is 3.52. The average molecular weight is 287 g/mol. The molecule has 0 aliphatic rings. The number of aromatic hydroxyl groups is 2. The molecule has 4 heteroatoms. The van der Waals surface area contributed by atoms with E-state index in [0.717, 1.165) is 16.9 Å². The molecule has 0 aliphatic heterocycles. The van der Waals surface area contributed by atoms with E-state index in [1.165, 1.54) is 6.07 Å². The molecule has 0 radical (unpaired) electrons. The number of hydrogen-bond acceptors (Lipinski definition) is 4. The van der Waals surface area contributed by atoms with Gasteiger partial charge in [0.05, 0.1) is 7.11 Å². The summed E-state index contributed by atoms with van der Waals surface area (Å²) in [6, 6.07) is 12.6. The number of methoxy groups -OCH3 is 1. The van der Waals surface area contributed by atoms with E-state index in [0.29, 0.717) is 0 Å². The molecule has 3 N–H and O–H groups in total. The van der Waals surface area contributed by atoms with Crippen molar-refractivity contribution in [3.63, 3.8) is 0 Å². The highest BCUT2D eigenvalue weighted by molar-refractivity contribution is 5.38. The van der Waals surface area contributed by atoms with Crippen LogP contribution in [0.2, 0.25) is 0 Å². The molecule has 0 amide bonds. The van der Waals surface area contributed by atoms with Crippen molar-refractivity contribution < 1.29 is 14.9 Å². The second kappa shape index (κ2) is 6.50. The molecule has 0 heterocycles. The molecule has 0 aliphatic carbocycles. The molecule has 0 saturated carbocycles. The van der Waals surface area contributed by atoms with Crippen molar-refractivity contribution in [1.29, 1.82) is 0 Å². The monoisotopic (exact) mass is 287 g/mol. The maximum atomic E-state index is 9.56. The molecule has 0 aromatic heterocycles. The van der Waals surface area contributed by atoms with Crippen LogP contribution in [0.4, 0.5) is 0 Å². The van der Waals surface area contributed by atoms with Crippen molar-refractivity contribution in [3.05, 3.63) is 53.6 Å². The largest absolute Gasteiger partial charge is 0.508 e. The van der Waals surface area contributed by atoms with Crippen molar-refractivity contribution in [2.24, 2.45) is 0 Å². The fourth-order valence-electron chi connectivity index (χ4n) is 2.35. The first-order valence-electron chi connectivity index (χ1n) is 6.92. The van der Waals surface area contributed by atoms with Gasteiger partial charge in [-0.25, -0.2) is 0 Å². The Morgan fingerprint density at radius 2 is 1.52 bits per heavy atom. The van der Waals surface area contributed by atoms with Crippen molar-refractivity contribution in [2.45, 2.75) is 25.9 Å². The molecule has 21 heavy (non-hydrogen) atoms. The highest BCUT2D eigenvalue weighted by Crippen LogP contribution is 2.27. The Bertz CT molecular complexity index is 592. The Kier molecular flexibility index (Phi) is 4.70. The van der Waals surface area contributed by atoms with E-state index >= 15 is 0 Å². The van der Waals surface area contributed by atoms with E-state index in [-0.39, 0.29) is 23.6 Å². The first kappa shape index (κ1) is 15.2. The van der Waals surface area contributed by atoms with Gasteiger partial charge in [-0.2, -0.15) is 0 Å². The first-order valence-corrected chi connectivity index (χ1v) is 6.92. The predicted octanol–water partition coefficient (Wildman–Crippen LogP) is 3.52. The van der Waals surface area contributed by atoms with Crippen molar-refractivity contribution in [3.8, 4) is 17.2 Å². The Morgan fingerprint density at radius 1 is 0.905 bits per heavy atom. The number of phenols is 2. The van der Waals surface area contributed by atoms with Gasteiger partial charge in [0.1, 0.15) is 17.2 Å². The van der Waals surface area contributed by atoms with Crippen LogP contribution in [0.5, 0.6) is 17.2 Å². The SMILES string of the molecule is COc1cccc([C@H](C)NC(C)c2cc(O)cc(O)c2)c1. The quantitative estimate of drug-likeness (QED) is 0.787. The minimum atomic E-state index is -0.01000. The smallest absolute Gasteiger partial charge is 0.119 e. The third kappa shape index (κ3) is 3.89. The number of nitrogens with one attached hydrogen (secondary N) is 1. The summed E-state index contributed by atoms with van der Waals surface area (Å²) >= 11 is 0. The van der Waals surface area contributed by atoms with E-state index < -0.39 is 0 Å². The fourth-order valence-corrected chi connectivity index (χ4v) is 2.35. The van der Waals surface area contributed by atoms with Gasteiger partial charge in [-0.15, -0.1) is 0 Å². The molecular weight excluding hydrogens is 266 g/mol. The maximum Gasteiger partial charge on any atom is 0.119 e. The minimum absolute atomic E-state index is 0.01000. The molecular formula is C17H21NO3. The van der Waals surface area contributed by atoms with Gasteiger partial charge >= 0.3 is 0 Å². The van der Waals surface area contributed by atoms with Gasteiger partial charge in [-0.3, -0.25) is 0 Å². The van der Waals surface area contributed by atoms with Gasteiger partial charge in [-0.1, -0.05) is 12.1 Å². The minimum Gasteiger partial charge on any atom is -0.508 e. The lowest BCUT2D eigenvalue weighted by molar-refractivity contribution is 0.412. The molecule has 0 bridgehead atoms. The second-order valence-electron chi connectivity index (χ2n) is 5.17. The van der Waals surface area contributed by atoms with Gasteiger partial charge in [0.25, 0.3) is 0 Å². The summed E-state index contributed by atoms with van der Waals surface area (Å²) in [5, 5.41) is 22.6. The van der Waals surface area contributed by atoms with E-state index in [9.17, 15) is 10.2 Å². The summed E-state index contributed by atoms with van der Waals surface area (Å²) in [5.74, 6) is 0.948. The number of phenolic OH excluding ortho intramolecular Hbond substituents is 2. The fraction of sp³-hybridized carbons (Fsp3) is 0.294. The maximum absolute atomic E-state index is 9.56. The summed E-state index contributed by atoms with van der Waals surface area (Å²) in [5.41, 5.74) is 1.95. The standard InChI is InChI=1S/C17H21NO3/c1-11(13-5-4-6-17(9-13)21-3)18-12(2)14-7-15(19)10-16(20)8-14/h4-12,18-20H,1-3H3/t11-,12?/m0/s1. The van der Waals surface area contributed by atoms with Crippen LogP contribution in [0, 0.1) is 0 Å². The summed E-state index contributed by atoms with van der Waals surface area (Å²) < 4.78 is 5.23. The van der Waals surface area contributed by atoms with E-state index in [2.05, 4.69) is 12.2 Å². The number of ether oxygens (including phenoxy) is 1. The Labute approximate surface area is 125 Å². The highest BCUT2D eigenvalue weighted by atomic mass is 16.5. The van der Waals surface area contributed by atoms with Crippen LogP contribution in [0.15, 0.2) is 42.5 Å². The molecule has 2 rings (SSSR count). The topological polar surface area (TPSA) is 61.7 Å². The molecule has 0 saturated heterocycles. The van der Waals surface area contributed by atoms with Gasteiger partial charge in [0.15, 0.2) is 0 Å². The van der Waals surface area contributed by atoms with Crippen molar-refractivity contribution in [1.82, 2.24) is 5.32 Å². The second-order valence-corrected chi connectivity index (χ2v) is 5.17. The van der Waals surface area contributed by atoms with Crippen molar-refractivity contribution >= 4 is 0 Å². The van der Waals surface area contributed by atoms with Crippen LogP contribution in [-0.4, -0.2) is 17.3 Å². The molecule has 2 aromatic carbocycles. The van der Waals surface area contributed by atoms with Crippen LogP contribution in [0.3, 0.4) is 0 Å². The summed E-state index contributed by atoms with van der Waals surface area (Å²) in [7, 11) is 1.65. The average Bonchev–Trinajstić information content (AvgIpc) is 2.46. The zero-order valence-electron chi connectivity index (χ0n) is 12.5. The Morgan fingerprint density at radius 3 is 2.14 bits per heavy atom. The number of rotatable bonds is 5. The van der Waals surface area contributed by atoms with Crippen LogP contribution < -0.4 is 10.1 Å². The van der Waals surface area contributed by atoms with Crippen LogP contribution >= 0.6 is 0 Å². The molecule has 1 unspecified atom stereocenters. The molecule has 2 atom stereocenters. The van der Waals surface area contributed by atoms with Gasteiger partial charge in [-0.05, 0) is 49.2 Å². The normalized spacial score (nSPS) is 13.7. The third-order valence-electron chi connectivity index (χ3n) is 3.52. The molecule has 0 fully saturated rings. The zero-order chi connectivity index (χ0) is 15.4. The Balaban J connectivity index is 2.12. The van der Waals surface area contributed by atoms with Gasteiger partial charge < -0.3 is 20.3 Å². The van der Waals surface area contributed by atoms with Crippen LogP contribution in [-0.2, 0) is 0 Å². The van der Waals surface area contributed by atoms with E-state index in [1.54, 1.807) is 19.2 Å². The zero-order valence-corrected chi connectivity index (χ0v) is 12.5. The first-order chi connectivity index (χ1) is 9.99. The lowest BCUT2D eigenvalue weighted by Gasteiger charge is -2.21.